The smallest absolute Gasteiger partial charge is 0.320 e. The Kier molecular flexibility index (Phi) is 6.78. The molecule has 21 heavy (non-hydrogen) atoms. The molecular weight excluding hydrogens is 294 g/mol. The van der Waals surface area contributed by atoms with Gasteiger partial charge in [-0.25, -0.2) is 0 Å². The second kappa shape index (κ2) is 8.10. The Morgan fingerprint density at radius 3 is 2.52 bits per heavy atom. The Balaban J connectivity index is 2.91. The summed E-state index contributed by atoms with van der Waals surface area (Å²) < 4.78 is 10.7. The third-order valence-electron chi connectivity index (χ3n) is 3.08. The van der Waals surface area contributed by atoms with E-state index in [0.717, 1.165) is 5.56 Å². The fraction of sp³-hybridized carbons (Fsp3) is 0.533. The minimum absolute atomic E-state index is 0.0223. The van der Waals surface area contributed by atoms with Gasteiger partial charge in [0.1, 0.15) is 6.04 Å². The van der Waals surface area contributed by atoms with E-state index < -0.39 is 12.0 Å². The summed E-state index contributed by atoms with van der Waals surface area (Å²) in [4.78, 5) is 11.2. The summed E-state index contributed by atoms with van der Waals surface area (Å²) in [6, 6.07) is 2.82. The molecule has 1 unspecified atom stereocenters. The van der Waals surface area contributed by atoms with Crippen molar-refractivity contribution in [3.8, 4) is 11.5 Å². The minimum Gasteiger partial charge on any atom is -0.493 e. The van der Waals surface area contributed by atoms with Crippen molar-refractivity contribution in [2.24, 2.45) is 5.92 Å². The van der Waals surface area contributed by atoms with Crippen molar-refractivity contribution in [3.63, 3.8) is 0 Å². The molecule has 0 radical (unpaired) electrons. The number of carboxylic acid groups (broad SMARTS) is 1. The van der Waals surface area contributed by atoms with Crippen LogP contribution >= 0.6 is 11.6 Å². The van der Waals surface area contributed by atoms with Crippen LogP contribution in [-0.4, -0.2) is 30.8 Å². The molecule has 0 saturated carbocycles. The molecule has 5 nitrogen and oxygen atoms in total. The van der Waals surface area contributed by atoms with Crippen molar-refractivity contribution < 1.29 is 19.4 Å². The van der Waals surface area contributed by atoms with E-state index in [1.54, 1.807) is 19.2 Å². The van der Waals surface area contributed by atoms with Crippen LogP contribution in [0.4, 0.5) is 0 Å². The number of methoxy groups -OCH3 is 1. The third kappa shape index (κ3) is 4.79. The molecule has 0 aliphatic rings. The van der Waals surface area contributed by atoms with Gasteiger partial charge >= 0.3 is 5.97 Å². The average Bonchev–Trinajstić information content (AvgIpc) is 2.40. The molecule has 0 heterocycles. The molecule has 2 N–H and O–H groups in total. The van der Waals surface area contributed by atoms with E-state index >= 15 is 0 Å². The van der Waals surface area contributed by atoms with Crippen molar-refractivity contribution in [3.05, 3.63) is 22.7 Å². The normalized spacial score (nSPS) is 12.3. The molecule has 0 aliphatic heterocycles. The molecule has 0 spiro atoms. The van der Waals surface area contributed by atoms with Crippen LogP contribution in [-0.2, 0) is 11.3 Å². The van der Waals surface area contributed by atoms with Crippen LogP contribution in [0.25, 0.3) is 0 Å². The summed E-state index contributed by atoms with van der Waals surface area (Å²) in [6.45, 7) is 6.44. The van der Waals surface area contributed by atoms with E-state index in [9.17, 15) is 4.79 Å². The highest BCUT2D eigenvalue weighted by Crippen LogP contribution is 2.33. The second-order valence-corrected chi connectivity index (χ2v) is 5.38. The Labute approximate surface area is 130 Å². The molecule has 0 aromatic heterocycles. The maximum Gasteiger partial charge on any atom is 0.320 e. The summed E-state index contributed by atoms with van der Waals surface area (Å²) in [5, 5.41) is 12.7. The highest BCUT2D eigenvalue weighted by Gasteiger charge is 2.21. The van der Waals surface area contributed by atoms with Crippen LogP contribution in [0.5, 0.6) is 11.5 Å². The first-order valence-electron chi connectivity index (χ1n) is 6.86. The molecule has 118 valence electrons. The predicted octanol–water partition coefficient (Wildman–Crippen LogP) is 2.95. The van der Waals surface area contributed by atoms with Gasteiger partial charge in [0.25, 0.3) is 0 Å². The number of nitrogens with one attached hydrogen (secondary N) is 1. The summed E-state index contributed by atoms with van der Waals surface area (Å²) in [5.41, 5.74) is 0.767. The molecule has 0 aliphatic carbocycles. The van der Waals surface area contributed by atoms with E-state index in [2.05, 4.69) is 5.32 Å². The molecule has 1 rings (SSSR count). The molecule has 0 saturated heterocycles. The maximum absolute atomic E-state index is 11.2. The fourth-order valence-corrected chi connectivity index (χ4v) is 2.19. The molecule has 1 aromatic carbocycles. The number of carbonyl (C=O) groups is 1. The SMILES string of the molecule is CCOc1cc(Cl)c(CNC(C(=O)O)C(C)C)cc1OC. The van der Waals surface area contributed by atoms with Gasteiger partial charge in [0, 0.05) is 17.6 Å². The quantitative estimate of drug-likeness (QED) is 0.772. The molecule has 0 bridgehead atoms. The van der Waals surface area contributed by atoms with E-state index in [4.69, 9.17) is 26.2 Å². The van der Waals surface area contributed by atoms with Crippen molar-refractivity contribution in [1.82, 2.24) is 5.32 Å². The van der Waals surface area contributed by atoms with Gasteiger partial charge in [0.2, 0.25) is 0 Å². The first-order chi connectivity index (χ1) is 9.90. The topological polar surface area (TPSA) is 67.8 Å². The lowest BCUT2D eigenvalue weighted by molar-refractivity contribution is -0.140. The third-order valence-corrected chi connectivity index (χ3v) is 3.43. The van der Waals surface area contributed by atoms with E-state index in [1.807, 2.05) is 20.8 Å². The number of halogens is 1. The molecule has 1 atom stereocenters. The summed E-state index contributed by atoms with van der Waals surface area (Å²) in [7, 11) is 1.55. The largest absolute Gasteiger partial charge is 0.493 e. The molecule has 6 heteroatoms. The molecule has 0 fully saturated rings. The lowest BCUT2D eigenvalue weighted by atomic mass is 10.0. The standard InChI is InChI=1S/C15H22ClNO4/c1-5-21-13-7-11(16)10(6-12(13)20-4)8-17-14(9(2)3)15(18)19/h6-7,9,14,17H,5,8H2,1-4H3,(H,18,19). The van der Waals surface area contributed by atoms with Crippen LogP contribution < -0.4 is 14.8 Å². The van der Waals surface area contributed by atoms with Gasteiger partial charge in [-0.3, -0.25) is 4.79 Å². The van der Waals surface area contributed by atoms with Gasteiger partial charge in [-0.1, -0.05) is 25.4 Å². The van der Waals surface area contributed by atoms with E-state index in [0.29, 0.717) is 29.7 Å². The first kappa shape index (κ1) is 17.6. The molecule has 1 aromatic rings. The van der Waals surface area contributed by atoms with Crippen LogP contribution in [0.2, 0.25) is 5.02 Å². The van der Waals surface area contributed by atoms with Crippen LogP contribution in [0.1, 0.15) is 26.3 Å². The number of carboxylic acids is 1. The highest BCUT2D eigenvalue weighted by atomic mass is 35.5. The Morgan fingerprint density at radius 2 is 2.05 bits per heavy atom. The Bertz CT molecular complexity index is 491. The van der Waals surface area contributed by atoms with Gasteiger partial charge in [0.05, 0.1) is 13.7 Å². The second-order valence-electron chi connectivity index (χ2n) is 4.97. The van der Waals surface area contributed by atoms with Crippen LogP contribution in [0.3, 0.4) is 0 Å². The highest BCUT2D eigenvalue weighted by molar-refractivity contribution is 6.31. The number of benzene rings is 1. The van der Waals surface area contributed by atoms with Crippen molar-refractivity contribution in [1.29, 1.82) is 0 Å². The monoisotopic (exact) mass is 315 g/mol. The average molecular weight is 316 g/mol. The van der Waals surface area contributed by atoms with Gasteiger partial charge in [0.15, 0.2) is 11.5 Å². The number of ether oxygens (including phenoxy) is 2. The van der Waals surface area contributed by atoms with E-state index in [-0.39, 0.29) is 5.92 Å². The van der Waals surface area contributed by atoms with Gasteiger partial charge in [-0.2, -0.15) is 0 Å². The minimum atomic E-state index is -0.876. The lowest BCUT2D eigenvalue weighted by Gasteiger charge is -2.19. The van der Waals surface area contributed by atoms with Crippen molar-refractivity contribution in [2.75, 3.05) is 13.7 Å². The number of hydrogen-bond donors (Lipinski definition) is 2. The molecule has 0 amide bonds. The number of aliphatic carboxylic acids is 1. The van der Waals surface area contributed by atoms with Crippen molar-refractivity contribution >= 4 is 17.6 Å². The van der Waals surface area contributed by atoms with Gasteiger partial charge < -0.3 is 19.9 Å². The Morgan fingerprint density at radius 1 is 1.38 bits per heavy atom. The number of hydrogen-bond acceptors (Lipinski definition) is 4. The Hall–Kier alpha value is -1.46. The molecular formula is C15H22ClNO4. The van der Waals surface area contributed by atoms with Crippen molar-refractivity contribution in [2.45, 2.75) is 33.4 Å². The number of rotatable bonds is 8. The van der Waals surface area contributed by atoms with Gasteiger partial charge in [-0.05, 0) is 24.5 Å². The van der Waals surface area contributed by atoms with Crippen LogP contribution in [0, 0.1) is 5.92 Å². The summed E-state index contributed by atoms with van der Waals surface area (Å²) >= 11 is 6.21. The summed E-state index contributed by atoms with van der Waals surface area (Å²) in [5.74, 6) is 0.256. The maximum atomic E-state index is 11.2. The predicted molar refractivity (Wildman–Crippen MR) is 82.3 cm³/mol. The van der Waals surface area contributed by atoms with Gasteiger partial charge in [-0.15, -0.1) is 0 Å². The zero-order valence-electron chi connectivity index (χ0n) is 12.8. The zero-order chi connectivity index (χ0) is 16.0. The van der Waals surface area contributed by atoms with Crippen LogP contribution in [0.15, 0.2) is 12.1 Å². The summed E-state index contributed by atoms with van der Waals surface area (Å²) in [6.07, 6.45) is 0. The first-order valence-corrected chi connectivity index (χ1v) is 7.23. The lowest BCUT2D eigenvalue weighted by Crippen LogP contribution is -2.40. The van der Waals surface area contributed by atoms with E-state index in [1.165, 1.54) is 0 Å². The zero-order valence-corrected chi connectivity index (χ0v) is 13.5. The fourth-order valence-electron chi connectivity index (χ4n) is 1.97.